The number of fused-ring (bicyclic) bond motifs is 1. The molecule has 0 unspecified atom stereocenters. The minimum Gasteiger partial charge on any atom is -0.497 e. The fraction of sp³-hybridized carbons (Fsp3) is 0.700. The molecule has 0 spiro atoms. The maximum Gasteiger partial charge on any atom is 0.329 e. The SMILES string of the molecule is CC[C@H](C)[C@@H]1NC(=O)[C@@H](NC(=O)[C@@H](CC(C)C)N(C)C=O)[C@@H](C)OC(=O)[C@H](Cc2ccc(OC)cc2)N(C)C(=O)[C@@H]2CCCN2C(=O)[C@H](CC(C)C)NC(=O)[C@@H](C)C(=O)[C@H](C(C)C)OC(=O)C[C@@H]1O. The van der Waals surface area contributed by atoms with Gasteiger partial charge in [0, 0.05) is 27.1 Å². The second-order valence-electron chi connectivity index (χ2n) is 19.9. The Balaban J connectivity index is 2.26. The average molecular weight is 971 g/mol. The van der Waals surface area contributed by atoms with Crippen LogP contribution < -0.4 is 20.7 Å². The number of aliphatic hydroxyl groups excluding tert-OH is 1. The molecule has 19 nitrogen and oxygen atoms in total. The number of amides is 6. The molecular weight excluding hydrogens is 893 g/mol. The van der Waals surface area contributed by atoms with Crippen molar-refractivity contribution >= 4 is 53.7 Å². The second kappa shape index (κ2) is 26.4. The molecule has 0 aliphatic carbocycles. The summed E-state index contributed by atoms with van der Waals surface area (Å²) in [7, 11) is 4.33. The van der Waals surface area contributed by atoms with Gasteiger partial charge in [0.25, 0.3) is 0 Å². The van der Waals surface area contributed by atoms with Gasteiger partial charge in [-0.2, -0.15) is 0 Å². The first kappa shape index (κ1) is 57.7. The number of likely N-dealkylation sites (N-methyl/N-ethyl adjacent to an activating group) is 2. The number of hydrogen-bond donors (Lipinski definition) is 4. The number of carbonyl (C=O) groups excluding carboxylic acids is 9. The zero-order chi connectivity index (χ0) is 52.0. The number of ether oxygens (including phenoxy) is 3. The second-order valence-corrected chi connectivity index (χ2v) is 19.9. The van der Waals surface area contributed by atoms with Gasteiger partial charge in [-0.3, -0.25) is 38.4 Å². The average Bonchev–Trinajstić information content (AvgIpc) is 3.80. The summed E-state index contributed by atoms with van der Waals surface area (Å²) in [4.78, 5) is 130. The molecule has 1 aromatic carbocycles. The van der Waals surface area contributed by atoms with Gasteiger partial charge in [-0.05, 0) is 80.9 Å². The molecule has 2 aliphatic rings. The van der Waals surface area contributed by atoms with Gasteiger partial charge in [-0.1, -0.05) is 73.9 Å². The molecule has 4 N–H and O–H groups in total. The van der Waals surface area contributed by atoms with E-state index in [1.54, 1.807) is 52.0 Å². The van der Waals surface area contributed by atoms with Crippen molar-refractivity contribution in [1.29, 1.82) is 0 Å². The fourth-order valence-corrected chi connectivity index (χ4v) is 8.69. The van der Waals surface area contributed by atoms with Crippen LogP contribution >= 0.6 is 0 Å². The summed E-state index contributed by atoms with van der Waals surface area (Å²) in [6, 6.07) is -0.622. The van der Waals surface area contributed by atoms with E-state index in [0.29, 0.717) is 30.6 Å². The Labute approximate surface area is 407 Å². The molecule has 0 saturated carbocycles. The first-order valence-corrected chi connectivity index (χ1v) is 24.3. The van der Waals surface area contributed by atoms with Crippen molar-refractivity contribution in [3.8, 4) is 5.75 Å². The summed E-state index contributed by atoms with van der Waals surface area (Å²) in [6.45, 7) is 17.1. The van der Waals surface area contributed by atoms with Crippen LogP contribution in [0.1, 0.15) is 113 Å². The van der Waals surface area contributed by atoms with Crippen molar-refractivity contribution in [2.75, 3.05) is 27.7 Å². The molecule has 1 aromatic rings. The summed E-state index contributed by atoms with van der Waals surface area (Å²) in [6.07, 6.45) is -3.34. The zero-order valence-corrected chi connectivity index (χ0v) is 42.8. The van der Waals surface area contributed by atoms with E-state index in [4.69, 9.17) is 14.2 Å². The number of hydrogen-bond acceptors (Lipinski definition) is 13. The normalized spacial score (nSPS) is 27.3. The van der Waals surface area contributed by atoms with Gasteiger partial charge in [0.05, 0.1) is 31.6 Å². The third-order valence-electron chi connectivity index (χ3n) is 13.1. The molecule has 2 heterocycles. The zero-order valence-electron chi connectivity index (χ0n) is 42.8. The van der Waals surface area contributed by atoms with E-state index in [-0.39, 0.29) is 44.1 Å². The van der Waals surface area contributed by atoms with Crippen LogP contribution in [0.4, 0.5) is 0 Å². The summed E-state index contributed by atoms with van der Waals surface area (Å²) < 4.78 is 17.1. The molecule has 0 radical (unpaired) electrons. The molecule has 6 amide bonds. The first-order valence-electron chi connectivity index (χ1n) is 24.3. The lowest BCUT2D eigenvalue weighted by Gasteiger charge is -2.35. The van der Waals surface area contributed by atoms with Crippen LogP contribution in [-0.4, -0.2) is 156 Å². The molecule has 0 bridgehead atoms. The number of methoxy groups -OCH3 is 1. The number of rotatable bonds is 14. The Morgan fingerprint density at radius 1 is 0.942 bits per heavy atom. The fourth-order valence-electron chi connectivity index (χ4n) is 8.69. The van der Waals surface area contributed by atoms with Crippen molar-refractivity contribution in [2.24, 2.45) is 29.6 Å². The number of cyclic esters (lactones) is 2. The van der Waals surface area contributed by atoms with Crippen molar-refractivity contribution < 1.29 is 62.5 Å². The van der Waals surface area contributed by atoms with Crippen LogP contribution in [0, 0.1) is 29.6 Å². The quantitative estimate of drug-likeness (QED) is 0.119. The number of ketones is 1. The topological polar surface area (TPSA) is 247 Å². The maximum atomic E-state index is 14.7. The van der Waals surface area contributed by atoms with E-state index in [9.17, 15) is 48.3 Å². The van der Waals surface area contributed by atoms with Gasteiger partial charge >= 0.3 is 11.9 Å². The molecule has 2 aliphatic heterocycles. The summed E-state index contributed by atoms with van der Waals surface area (Å²) in [5.41, 5.74) is 0.602. The van der Waals surface area contributed by atoms with Crippen LogP contribution in [0.25, 0.3) is 0 Å². The van der Waals surface area contributed by atoms with Gasteiger partial charge in [-0.25, -0.2) is 4.79 Å². The van der Waals surface area contributed by atoms with Gasteiger partial charge in [-0.15, -0.1) is 0 Å². The third-order valence-corrected chi connectivity index (χ3v) is 13.1. The summed E-state index contributed by atoms with van der Waals surface area (Å²) in [5.74, 6) is -8.41. The number of nitrogens with one attached hydrogen (secondary N) is 3. The number of Topliss-reactive ketones (excluding diaryl/α,β-unsaturated/α-hetero) is 1. The maximum absolute atomic E-state index is 14.7. The summed E-state index contributed by atoms with van der Waals surface area (Å²) in [5, 5.41) is 19.8. The molecule has 386 valence electrons. The van der Waals surface area contributed by atoms with Crippen molar-refractivity contribution in [3.05, 3.63) is 29.8 Å². The highest BCUT2D eigenvalue weighted by Gasteiger charge is 2.44. The molecule has 0 aromatic heterocycles. The number of esters is 2. The third kappa shape index (κ3) is 15.7. The van der Waals surface area contributed by atoms with Crippen LogP contribution in [0.15, 0.2) is 24.3 Å². The van der Waals surface area contributed by atoms with E-state index in [2.05, 4.69) is 16.0 Å². The van der Waals surface area contributed by atoms with Crippen LogP contribution in [0.2, 0.25) is 0 Å². The smallest absolute Gasteiger partial charge is 0.329 e. The Kier molecular flexibility index (Phi) is 22.1. The lowest BCUT2D eigenvalue weighted by atomic mass is 9.91. The van der Waals surface area contributed by atoms with E-state index in [0.717, 1.165) is 4.90 Å². The molecular formula is C50H78N6O13. The minimum atomic E-state index is -1.65. The van der Waals surface area contributed by atoms with Gasteiger partial charge in [0.1, 0.15) is 42.1 Å². The largest absolute Gasteiger partial charge is 0.497 e. The standard InChI is InChI=1S/C50H78N6O13/c1-14-30(8)41-39(58)25-40(59)69-44(29(6)7)43(60)31(9)45(61)51-35(22-27(2)3)48(64)56-21-15-16-36(56)49(65)55(12)38(24-33-17-19-34(67-13)20-18-33)50(66)68-32(10)42(47(63)52-41)53-46(62)37(23-28(4)5)54(11)26-57/h17-20,26-32,35-39,41-42,44,58H,14-16,21-25H2,1-13H3,(H,51,61)(H,52,63)(H,53,62)/t30-,31-,32+,35-,36-,37+,38-,39-,41-,42-,44-/m0/s1. The van der Waals surface area contributed by atoms with E-state index >= 15 is 0 Å². The highest BCUT2D eigenvalue weighted by molar-refractivity contribution is 6.05. The Hall–Kier alpha value is -5.59. The van der Waals surface area contributed by atoms with Crippen molar-refractivity contribution in [3.63, 3.8) is 0 Å². The molecule has 3 rings (SSSR count). The highest BCUT2D eigenvalue weighted by atomic mass is 16.6. The lowest BCUT2D eigenvalue weighted by Crippen LogP contribution is -2.61. The van der Waals surface area contributed by atoms with Crippen LogP contribution in [0.3, 0.4) is 0 Å². The number of carbonyl (C=O) groups is 9. The Bertz CT molecular complexity index is 1960. The molecule has 19 heteroatoms. The van der Waals surface area contributed by atoms with Crippen molar-refractivity contribution in [2.45, 2.75) is 169 Å². The number of nitrogens with zero attached hydrogens (tertiary/aromatic N) is 3. The van der Waals surface area contributed by atoms with E-state index in [1.807, 2.05) is 27.7 Å². The lowest BCUT2D eigenvalue weighted by molar-refractivity contribution is -0.163. The van der Waals surface area contributed by atoms with Crippen LogP contribution in [0.5, 0.6) is 5.75 Å². The van der Waals surface area contributed by atoms with Crippen molar-refractivity contribution in [1.82, 2.24) is 30.7 Å². The predicted octanol–water partition coefficient (Wildman–Crippen LogP) is 2.57. The Morgan fingerprint density at radius 2 is 1.58 bits per heavy atom. The monoisotopic (exact) mass is 971 g/mol. The number of aliphatic hydroxyl groups is 1. The number of benzene rings is 1. The minimum absolute atomic E-state index is 0.0710. The Morgan fingerprint density at radius 3 is 2.13 bits per heavy atom. The van der Waals surface area contributed by atoms with Gasteiger partial charge in [0.15, 0.2) is 11.9 Å². The molecule has 11 atom stereocenters. The highest BCUT2D eigenvalue weighted by Crippen LogP contribution is 2.26. The predicted molar refractivity (Wildman–Crippen MR) is 255 cm³/mol. The first-order chi connectivity index (χ1) is 32.4. The van der Waals surface area contributed by atoms with Gasteiger partial charge in [0.2, 0.25) is 35.9 Å². The molecule has 69 heavy (non-hydrogen) atoms. The molecule has 2 fully saturated rings. The van der Waals surface area contributed by atoms with Crippen LogP contribution in [-0.2, 0) is 59.0 Å². The van der Waals surface area contributed by atoms with Gasteiger partial charge < -0.3 is 50.0 Å². The summed E-state index contributed by atoms with van der Waals surface area (Å²) >= 11 is 0. The van der Waals surface area contributed by atoms with E-state index < -0.39 is 126 Å². The molecule has 2 saturated heterocycles. The van der Waals surface area contributed by atoms with E-state index in [1.165, 1.54) is 44.9 Å².